The number of rotatable bonds is 6. The zero-order valence-corrected chi connectivity index (χ0v) is 20.4. The minimum absolute atomic E-state index is 0.0400. The fourth-order valence-corrected chi connectivity index (χ4v) is 5.04. The van der Waals surface area contributed by atoms with Crippen molar-refractivity contribution in [2.75, 3.05) is 10.0 Å². The molecule has 0 aliphatic rings. The monoisotopic (exact) mass is 545 g/mol. The summed E-state index contributed by atoms with van der Waals surface area (Å²) < 4.78 is 43.3. The quantitative estimate of drug-likeness (QED) is 0.307. The summed E-state index contributed by atoms with van der Waals surface area (Å²) in [4.78, 5) is 17.2. The summed E-state index contributed by atoms with van der Waals surface area (Å²) in [5.74, 6) is -1.55. The number of nitrogens with one attached hydrogen (secondary N) is 2. The molecule has 33 heavy (non-hydrogen) atoms. The third kappa shape index (κ3) is 5.29. The molecular weight excluding hydrogens is 529 g/mol. The van der Waals surface area contributed by atoms with Gasteiger partial charge in [0, 0.05) is 15.4 Å². The lowest BCUT2D eigenvalue weighted by molar-refractivity contribution is 0.102. The van der Waals surface area contributed by atoms with Crippen molar-refractivity contribution < 1.29 is 17.6 Å². The van der Waals surface area contributed by atoms with Gasteiger partial charge in [-0.1, -0.05) is 51.8 Å². The Bertz CT molecular complexity index is 1420. The molecule has 0 unspecified atom stereocenters. The van der Waals surface area contributed by atoms with Gasteiger partial charge < -0.3 is 0 Å². The standard InChI is InChI=1S/C23H17BrFN3O3S2/c1-14-5-11-17(12-6-14)33(30,31)28-21-18(3-2-4-19(21)25)22(29)27-23-26-20(13-32-23)15-7-9-16(24)10-8-15/h2-13,28H,1H3,(H,26,27,29). The Morgan fingerprint density at radius 3 is 2.42 bits per heavy atom. The van der Waals surface area contributed by atoms with E-state index in [1.807, 2.05) is 31.2 Å². The highest BCUT2D eigenvalue weighted by Crippen LogP contribution is 2.28. The Balaban J connectivity index is 1.59. The Kier molecular flexibility index (Phi) is 6.59. The normalized spacial score (nSPS) is 11.2. The molecule has 0 aliphatic carbocycles. The van der Waals surface area contributed by atoms with E-state index in [0.717, 1.165) is 21.7 Å². The average Bonchev–Trinajstić information content (AvgIpc) is 3.24. The Morgan fingerprint density at radius 2 is 1.73 bits per heavy atom. The molecule has 0 saturated heterocycles. The molecule has 6 nitrogen and oxygen atoms in total. The van der Waals surface area contributed by atoms with Crippen LogP contribution in [0.1, 0.15) is 15.9 Å². The molecule has 0 spiro atoms. The number of anilines is 2. The number of aryl methyl sites for hydroxylation is 1. The lowest BCUT2D eigenvalue weighted by atomic mass is 10.1. The van der Waals surface area contributed by atoms with Gasteiger partial charge in [0.1, 0.15) is 5.82 Å². The van der Waals surface area contributed by atoms with Gasteiger partial charge in [-0.3, -0.25) is 14.8 Å². The number of aromatic nitrogens is 1. The molecular formula is C23H17BrFN3O3S2. The van der Waals surface area contributed by atoms with Crippen molar-refractivity contribution in [2.45, 2.75) is 11.8 Å². The van der Waals surface area contributed by atoms with Crippen molar-refractivity contribution in [1.29, 1.82) is 0 Å². The van der Waals surface area contributed by atoms with Gasteiger partial charge in [-0.25, -0.2) is 17.8 Å². The van der Waals surface area contributed by atoms with Crippen LogP contribution in [-0.4, -0.2) is 19.3 Å². The summed E-state index contributed by atoms with van der Waals surface area (Å²) >= 11 is 4.58. The molecule has 0 aliphatic heterocycles. The molecule has 0 atom stereocenters. The molecule has 1 aromatic heterocycles. The van der Waals surface area contributed by atoms with E-state index in [4.69, 9.17) is 0 Å². The number of carbonyl (C=O) groups is 1. The van der Waals surface area contributed by atoms with Crippen molar-refractivity contribution in [3.05, 3.63) is 93.5 Å². The average molecular weight is 546 g/mol. The highest BCUT2D eigenvalue weighted by atomic mass is 79.9. The number of carbonyl (C=O) groups excluding carboxylic acids is 1. The number of nitrogens with zero attached hydrogens (tertiary/aromatic N) is 1. The van der Waals surface area contributed by atoms with Crippen LogP contribution in [0.15, 0.2) is 81.5 Å². The Morgan fingerprint density at radius 1 is 1.03 bits per heavy atom. The van der Waals surface area contributed by atoms with Gasteiger partial charge in [0.25, 0.3) is 15.9 Å². The van der Waals surface area contributed by atoms with E-state index in [2.05, 4.69) is 31.0 Å². The molecule has 0 bridgehead atoms. The van der Waals surface area contributed by atoms with E-state index < -0.39 is 27.4 Å². The second kappa shape index (κ2) is 9.42. The number of para-hydroxylation sites is 1. The van der Waals surface area contributed by atoms with Crippen LogP contribution in [0.25, 0.3) is 11.3 Å². The van der Waals surface area contributed by atoms with Crippen LogP contribution in [0, 0.1) is 12.7 Å². The van der Waals surface area contributed by atoms with Crippen LogP contribution in [0.4, 0.5) is 15.2 Å². The Hall–Kier alpha value is -3.08. The number of thiazole rings is 1. The molecule has 0 saturated carbocycles. The number of halogens is 2. The molecule has 4 aromatic rings. The highest BCUT2D eigenvalue weighted by Gasteiger charge is 2.22. The van der Waals surface area contributed by atoms with Crippen LogP contribution >= 0.6 is 27.3 Å². The van der Waals surface area contributed by atoms with Crippen molar-refractivity contribution in [1.82, 2.24) is 4.98 Å². The van der Waals surface area contributed by atoms with Crippen molar-refractivity contribution in [3.63, 3.8) is 0 Å². The first-order valence-electron chi connectivity index (χ1n) is 9.64. The van der Waals surface area contributed by atoms with Crippen molar-refractivity contribution >= 4 is 54.0 Å². The van der Waals surface area contributed by atoms with Gasteiger partial charge in [0.05, 0.1) is 21.8 Å². The second-order valence-corrected chi connectivity index (χ2v) is 10.5. The summed E-state index contributed by atoms with van der Waals surface area (Å²) in [6.07, 6.45) is 0. The molecule has 0 fully saturated rings. The SMILES string of the molecule is Cc1ccc(S(=O)(=O)Nc2c(F)cccc2C(=O)Nc2nc(-c3ccc(Br)cc3)cs2)cc1. The lowest BCUT2D eigenvalue weighted by Crippen LogP contribution is -2.19. The number of amides is 1. The first-order chi connectivity index (χ1) is 15.7. The molecule has 1 amide bonds. The molecule has 2 N–H and O–H groups in total. The Labute approximate surface area is 202 Å². The minimum Gasteiger partial charge on any atom is -0.298 e. The predicted molar refractivity (Wildman–Crippen MR) is 132 cm³/mol. The molecule has 10 heteroatoms. The van der Waals surface area contributed by atoms with Gasteiger partial charge in [-0.15, -0.1) is 11.3 Å². The van der Waals surface area contributed by atoms with Crippen LogP contribution in [-0.2, 0) is 10.0 Å². The van der Waals surface area contributed by atoms with E-state index in [0.29, 0.717) is 10.8 Å². The second-order valence-electron chi connectivity index (χ2n) is 7.08. The van der Waals surface area contributed by atoms with E-state index in [-0.39, 0.29) is 10.5 Å². The summed E-state index contributed by atoms with van der Waals surface area (Å²) in [5.41, 5.74) is 1.83. The third-order valence-electron chi connectivity index (χ3n) is 4.69. The van der Waals surface area contributed by atoms with Crippen LogP contribution in [0.2, 0.25) is 0 Å². The van der Waals surface area contributed by atoms with Gasteiger partial charge in [0.2, 0.25) is 0 Å². The summed E-state index contributed by atoms with van der Waals surface area (Å²) in [5, 5.41) is 4.70. The van der Waals surface area contributed by atoms with E-state index in [1.165, 1.54) is 35.6 Å². The fraction of sp³-hybridized carbons (Fsp3) is 0.0435. The minimum atomic E-state index is -4.10. The van der Waals surface area contributed by atoms with Crippen LogP contribution in [0.3, 0.4) is 0 Å². The number of hydrogen-bond acceptors (Lipinski definition) is 5. The maximum absolute atomic E-state index is 14.6. The molecule has 1 heterocycles. The van der Waals surface area contributed by atoms with E-state index >= 15 is 0 Å². The zero-order chi connectivity index (χ0) is 23.6. The molecule has 3 aromatic carbocycles. The number of benzene rings is 3. The largest absolute Gasteiger partial charge is 0.298 e. The maximum Gasteiger partial charge on any atom is 0.262 e. The zero-order valence-electron chi connectivity index (χ0n) is 17.2. The van der Waals surface area contributed by atoms with E-state index in [9.17, 15) is 17.6 Å². The van der Waals surface area contributed by atoms with Gasteiger partial charge >= 0.3 is 0 Å². The molecule has 0 radical (unpaired) electrons. The predicted octanol–water partition coefficient (Wildman–Crippen LogP) is 6.07. The third-order valence-corrected chi connectivity index (χ3v) is 7.34. The van der Waals surface area contributed by atoms with Gasteiger partial charge in [-0.2, -0.15) is 0 Å². The fourth-order valence-electron chi connectivity index (χ4n) is 2.98. The topological polar surface area (TPSA) is 88.2 Å². The smallest absolute Gasteiger partial charge is 0.262 e. The number of hydrogen-bond donors (Lipinski definition) is 2. The maximum atomic E-state index is 14.6. The molecule has 4 rings (SSSR count). The lowest BCUT2D eigenvalue weighted by Gasteiger charge is -2.13. The number of sulfonamides is 1. The summed E-state index contributed by atoms with van der Waals surface area (Å²) in [6.45, 7) is 1.82. The highest BCUT2D eigenvalue weighted by molar-refractivity contribution is 9.10. The summed E-state index contributed by atoms with van der Waals surface area (Å²) in [6, 6.07) is 17.4. The van der Waals surface area contributed by atoms with Crippen molar-refractivity contribution in [3.8, 4) is 11.3 Å². The van der Waals surface area contributed by atoms with Gasteiger partial charge in [-0.05, 0) is 43.3 Å². The van der Waals surface area contributed by atoms with E-state index in [1.54, 1.807) is 17.5 Å². The first-order valence-corrected chi connectivity index (χ1v) is 12.8. The first kappa shape index (κ1) is 23.1. The van der Waals surface area contributed by atoms with Crippen molar-refractivity contribution in [2.24, 2.45) is 0 Å². The van der Waals surface area contributed by atoms with Crippen LogP contribution in [0.5, 0.6) is 0 Å². The van der Waals surface area contributed by atoms with Crippen LogP contribution < -0.4 is 10.0 Å². The summed E-state index contributed by atoms with van der Waals surface area (Å²) in [7, 11) is -4.10. The molecule has 168 valence electrons. The van der Waals surface area contributed by atoms with Gasteiger partial charge in [0.15, 0.2) is 5.13 Å².